The zero-order valence-electron chi connectivity index (χ0n) is 16.9. The van der Waals surface area contributed by atoms with Crippen molar-refractivity contribution in [1.29, 1.82) is 0 Å². The summed E-state index contributed by atoms with van der Waals surface area (Å²) in [6.45, 7) is 7.97. The van der Waals surface area contributed by atoms with Gasteiger partial charge in [-0.15, -0.1) is 0 Å². The lowest BCUT2D eigenvalue weighted by atomic mass is 9.92. The van der Waals surface area contributed by atoms with Gasteiger partial charge in [0.05, 0.1) is 6.04 Å². The maximum absolute atomic E-state index is 12.6. The standard InChI is InChI=1S/C21H35N5O/c1-17(22)21(27)26(15-18-3-9-23-10-4-18)16-19-5-13-25(14-6-19)20-7-11-24(2)12-8-20/h3-4,9-10,17,19-20H,5-8,11-16,22H2,1-2H3/t17-/m1/s1. The number of pyridine rings is 1. The van der Waals surface area contributed by atoms with Crippen LogP contribution in [0, 0.1) is 5.92 Å². The van der Waals surface area contributed by atoms with Gasteiger partial charge in [0.15, 0.2) is 0 Å². The molecule has 2 fully saturated rings. The van der Waals surface area contributed by atoms with Crippen LogP contribution in [0.15, 0.2) is 24.5 Å². The van der Waals surface area contributed by atoms with Crippen molar-refractivity contribution in [3.63, 3.8) is 0 Å². The third kappa shape index (κ3) is 5.74. The molecule has 1 amide bonds. The van der Waals surface area contributed by atoms with E-state index in [1.54, 1.807) is 19.3 Å². The van der Waals surface area contributed by atoms with Crippen molar-refractivity contribution in [3.8, 4) is 0 Å². The molecule has 0 bridgehead atoms. The van der Waals surface area contributed by atoms with Crippen LogP contribution in [0.5, 0.6) is 0 Å². The van der Waals surface area contributed by atoms with E-state index in [1.165, 1.54) is 38.8 Å². The molecule has 0 radical (unpaired) electrons. The molecule has 6 heteroatoms. The van der Waals surface area contributed by atoms with Crippen molar-refractivity contribution < 1.29 is 4.79 Å². The first-order valence-corrected chi connectivity index (χ1v) is 10.4. The highest BCUT2D eigenvalue weighted by molar-refractivity contribution is 5.81. The Morgan fingerprint density at radius 3 is 2.41 bits per heavy atom. The largest absolute Gasteiger partial charge is 0.337 e. The highest BCUT2D eigenvalue weighted by Gasteiger charge is 2.29. The van der Waals surface area contributed by atoms with E-state index < -0.39 is 6.04 Å². The lowest BCUT2D eigenvalue weighted by Crippen LogP contribution is -2.49. The Bertz CT molecular complexity index is 577. The fraction of sp³-hybridized carbons (Fsp3) is 0.714. The highest BCUT2D eigenvalue weighted by atomic mass is 16.2. The molecule has 0 unspecified atom stereocenters. The number of carbonyl (C=O) groups excluding carboxylic acids is 1. The molecule has 0 spiro atoms. The smallest absolute Gasteiger partial charge is 0.239 e. The van der Waals surface area contributed by atoms with Crippen LogP contribution in [0.2, 0.25) is 0 Å². The molecule has 1 aromatic rings. The number of likely N-dealkylation sites (tertiary alicyclic amines) is 2. The molecule has 27 heavy (non-hydrogen) atoms. The average molecular weight is 374 g/mol. The van der Waals surface area contributed by atoms with Crippen LogP contribution in [0.25, 0.3) is 0 Å². The van der Waals surface area contributed by atoms with Crippen LogP contribution in [-0.4, -0.2) is 77.4 Å². The number of nitrogens with zero attached hydrogens (tertiary/aromatic N) is 4. The molecule has 0 aliphatic carbocycles. The van der Waals surface area contributed by atoms with Crippen LogP contribution in [-0.2, 0) is 11.3 Å². The Labute approximate surface area is 163 Å². The van der Waals surface area contributed by atoms with Crippen molar-refractivity contribution in [1.82, 2.24) is 19.7 Å². The molecular formula is C21H35N5O. The Balaban J connectivity index is 1.53. The van der Waals surface area contributed by atoms with Gasteiger partial charge in [-0.3, -0.25) is 9.78 Å². The molecule has 6 nitrogen and oxygen atoms in total. The molecule has 150 valence electrons. The Morgan fingerprint density at radius 1 is 1.19 bits per heavy atom. The number of aromatic nitrogens is 1. The number of carbonyl (C=O) groups is 1. The van der Waals surface area contributed by atoms with Crippen molar-refractivity contribution in [2.75, 3.05) is 39.8 Å². The van der Waals surface area contributed by atoms with Crippen LogP contribution >= 0.6 is 0 Å². The lowest BCUT2D eigenvalue weighted by Gasteiger charge is -2.42. The van der Waals surface area contributed by atoms with E-state index in [0.29, 0.717) is 12.5 Å². The predicted octanol–water partition coefficient (Wildman–Crippen LogP) is 1.56. The number of hydrogen-bond donors (Lipinski definition) is 1. The topological polar surface area (TPSA) is 65.7 Å². The van der Waals surface area contributed by atoms with Gasteiger partial charge in [-0.1, -0.05) is 0 Å². The third-order valence-corrected chi connectivity index (χ3v) is 6.16. The number of nitrogens with two attached hydrogens (primary N) is 1. The number of rotatable bonds is 6. The maximum Gasteiger partial charge on any atom is 0.239 e. The van der Waals surface area contributed by atoms with E-state index in [2.05, 4.69) is 21.8 Å². The maximum atomic E-state index is 12.6. The summed E-state index contributed by atoms with van der Waals surface area (Å²) in [4.78, 5) is 23.8. The molecule has 2 saturated heterocycles. The molecular weight excluding hydrogens is 338 g/mol. The number of amides is 1. The first-order valence-electron chi connectivity index (χ1n) is 10.4. The van der Waals surface area contributed by atoms with Crippen LogP contribution in [0.3, 0.4) is 0 Å². The van der Waals surface area contributed by atoms with E-state index in [-0.39, 0.29) is 5.91 Å². The summed E-state index contributed by atoms with van der Waals surface area (Å²) in [7, 11) is 2.22. The molecule has 0 aromatic carbocycles. The van der Waals surface area contributed by atoms with Crippen LogP contribution < -0.4 is 5.73 Å². The molecule has 3 rings (SSSR count). The van der Waals surface area contributed by atoms with Gasteiger partial charge in [0.1, 0.15) is 0 Å². The lowest BCUT2D eigenvalue weighted by molar-refractivity contribution is -0.133. The summed E-state index contributed by atoms with van der Waals surface area (Å²) in [5.74, 6) is 0.613. The van der Waals surface area contributed by atoms with Gasteiger partial charge in [-0.05, 0) is 89.4 Å². The van der Waals surface area contributed by atoms with E-state index in [9.17, 15) is 4.79 Å². The van der Waals surface area contributed by atoms with Gasteiger partial charge in [0, 0.05) is 31.5 Å². The van der Waals surface area contributed by atoms with Crippen molar-refractivity contribution in [3.05, 3.63) is 30.1 Å². The summed E-state index contributed by atoms with van der Waals surface area (Å²) >= 11 is 0. The predicted molar refractivity (Wildman–Crippen MR) is 108 cm³/mol. The van der Waals surface area contributed by atoms with Crippen LogP contribution in [0.4, 0.5) is 0 Å². The molecule has 2 aliphatic heterocycles. The van der Waals surface area contributed by atoms with Gasteiger partial charge in [0.2, 0.25) is 5.91 Å². The Hall–Kier alpha value is -1.50. The normalized spacial score (nSPS) is 21.9. The van der Waals surface area contributed by atoms with Crippen molar-refractivity contribution in [2.45, 2.75) is 51.2 Å². The molecule has 1 atom stereocenters. The van der Waals surface area contributed by atoms with Gasteiger partial charge in [-0.2, -0.15) is 0 Å². The molecule has 1 aromatic heterocycles. The number of piperidine rings is 2. The van der Waals surface area contributed by atoms with E-state index >= 15 is 0 Å². The Morgan fingerprint density at radius 2 is 1.81 bits per heavy atom. The third-order valence-electron chi connectivity index (χ3n) is 6.16. The van der Waals surface area contributed by atoms with Gasteiger partial charge < -0.3 is 20.4 Å². The zero-order chi connectivity index (χ0) is 19.2. The minimum Gasteiger partial charge on any atom is -0.337 e. The van der Waals surface area contributed by atoms with E-state index in [4.69, 9.17) is 5.73 Å². The quantitative estimate of drug-likeness (QED) is 0.820. The fourth-order valence-corrected chi connectivity index (χ4v) is 4.40. The van der Waals surface area contributed by atoms with E-state index in [0.717, 1.165) is 31.2 Å². The second kappa shape index (κ2) is 9.62. The fourth-order valence-electron chi connectivity index (χ4n) is 4.40. The molecule has 2 N–H and O–H groups in total. The SMILES string of the molecule is C[C@@H](N)C(=O)N(Cc1ccncc1)CC1CCN(C2CCN(C)CC2)CC1. The highest BCUT2D eigenvalue weighted by Crippen LogP contribution is 2.25. The van der Waals surface area contributed by atoms with Crippen molar-refractivity contribution in [2.24, 2.45) is 11.7 Å². The summed E-state index contributed by atoms with van der Waals surface area (Å²) < 4.78 is 0. The van der Waals surface area contributed by atoms with Gasteiger partial charge in [-0.25, -0.2) is 0 Å². The average Bonchev–Trinajstić information content (AvgIpc) is 2.69. The summed E-state index contributed by atoms with van der Waals surface area (Å²) in [6.07, 6.45) is 8.49. The summed E-state index contributed by atoms with van der Waals surface area (Å²) in [5, 5.41) is 0. The number of hydrogen-bond acceptors (Lipinski definition) is 5. The summed E-state index contributed by atoms with van der Waals surface area (Å²) in [5.41, 5.74) is 7.02. The van der Waals surface area contributed by atoms with Crippen LogP contribution in [0.1, 0.15) is 38.2 Å². The zero-order valence-corrected chi connectivity index (χ0v) is 16.9. The van der Waals surface area contributed by atoms with Gasteiger partial charge >= 0.3 is 0 Å². The van der Waals surface area contributed by atoms with Crippen molar-refractivity contribution >= 4 is 5.91 Å². The minimum absolute atomic E-state index is 0.0459. The van der Waals surface area contributed by atoms with Gasteiger partial charge in [0.25, 0.3) is 0 Å². The molecule has 0 saturated carbocycles. The first kappa shape index (κ1) is 20.2. The monoisotopic (exact) mass is 373 g/mol. The molecule has 2 aliphatic rings. The minimum atomic E-state index is -0.453. The second-order valence-electron chi connectivity index (χ2n) is 8.38. The summed E-state index contributed by atoms with van der Waals surface area (Å²) in [6, 6.07) is 4.25. The molecule has 3 heterocycles. The first-order chi connectivity index (χ1) is 13.0. The van der Waals surface area contributed by atoms with E-state index in [1.807, 2.05) is 17.0 Å². The second-order valence-corrected chi connectivity index (χ2v) is 8.38. The Kier molecular flexibility index (Phi) is 7.21.